The van der Waals surface area contributed by atoms with E-state index < -0.39 is 0 Å². The van der Waals surface area contributed by atoms with Gasteiger partial charge in [-0.1, -0.05) is 12.2 Å². The summed E-state index contributed by atoms with van der Waals surface area (Å²) in [6.07, 6.45) is 8.86. The van der Waals surface area contributed by atoms with Crippen LogP contribution in [0, 0.1) is 0 Å². The van der Waals surface area contributed by atoms with Gasteiger partial charge in [0.25, 0.3) is 5.91 Å². The maximum absolute atomic E-state index is 12.0. The Morgan fingerprint density at radius 1 is 1.53 bits per heavy atom. The van der Waals surface area contributed by atoms with Crippen LogP contribution in [0.4, 0.5) is 0 Å². The average molecular weight is 231 g/mol. The minimum absolute atomic E-state index is 0.0394. The molecule has 0 saturated heterocycles. The van der Waals surface area contributed by atoms with Crippen LogP contribution in [-0.2, 0) is 6.54 Å². The number of carbonyl (C=O) groups is 1. The smallest absolute Gasteiger partial charge is 0.251 e. The van der Waals surface area contributed by atoms with Crippen molar-refractivity contribution in [2.75, 3.05) is 0 Å². The molecule has 0 radical (unpaired) electrons. The molecular weight excluding hydrogens is 214 g/mol. The molecule has 2 rings (SSSR count). The van der Waals surface area contributed by atoms with Gasteiger partial charge in [-0.3, -0.25) is 9.78 Å². The fourth-order valence-electron chi connectivity index (χ4n) is 1.92. The maximum atomic E-state index is 12.0. The second-order valence-electron chi connectivity index (χ2n) is 4.19. The minimum Gasteiger partial charge on any atom is -0.349 e. The van der Waals surface area contributed by atoms with Gasteiger partial charge in [-0.2, -0.15) is 0 Å². The predicted octanol–water partition coefficient (Wildman–Crippen LogP) is 1.38. The molecule has 1 amide bonds. The summed E-state index contributed by atoms with van der Waals surface area (Å²) in [6.45, 7) is 0.354. The molecule has 4 heteroatoms. The topological polar surface area (TPSA) is 68.0 Å². The first-order chi connectivity index (χ1) is 8.29. The van der Waals surface area contributed by atoms with Crippen LogP contribution in [0.25, 0.3) is 0 Å². The third kappa shape index (κ3) is 3.14. The summed E-state index contributed by atoms with van der Waals surface area (Å²) in [7, 11) is 0. The van der Waals surface area contributed by atoms with Gasteiger partial charge in [0.2, 0.25) is 0 Å². The molecule has 90 valence electrons. The van der Waals surface area contributed by atoms with Crippen molar-refractivity contribution < 1.29 is 4.79 Å². The van der Waals surface area contributed by atoms with Crippen molar-refractivity contribution in [1.82, 2.24) is 10.3 Å². The van der Waals surface area contributed by atoms with E-state index >= 15 is 0 Å². The standard InChI is InChI=1S/C13H17N3O/c14-9-12-8-10(6-7-15-12)13(17)16-11-4-2-1-3-5-11/h1-2,6-8,11H,3-5,9,14H2,(H,16,17). The normalized spacial score (nSPS) is 19.0. The Balaban J connectivity index is 2.01. The van der Waals surface area contributed by atoms with Gasteiger partial charge in [0.15, 0.2) is 0 Å². The van der Waals surface area contributed by atoms with E-state index in [4.69, 9.17) is 5.73 Å². The first-order valence-electron chi connectivity index (χ1n) is 5.90. The second kappa shape index (κ2) is 5.59. The van der Waals surface area contributed by atoms with Crippen molar-refractivity contribution in [1.29, 1.82) is 0 Å². The highest BCUT2D eigenvalue weighted by Crippen LogP contribution is 2.11. The van der Waals surface area contributed by atoms with Crippen molar-refractivity contribution >= 4 is 5.91 Å². The van der Waals surface area contributed by atoms with Crippen LogP contribution in [0.1, 0.15) is 35.3 Å². The molecule has 0 spiro atoms. The van der Waals surface area contributed by atoms with Gasteiger partial charge in [0.05, 0.1) is 5.69 Å². The maximum Gasteiger partial charge on any atom is 0.251 e. The lowest BCUT2D eigenvalue weighted by molar-refractivity contribution is 0.0934. The number of carbonyl (C=O) groups excluding carboxylic acids is 1. The second-order valence-corrected chi connectivity index (χ2v) is 4.19. The monoisotopic (exact) mass is 231 g/mol. The van der Waals surface area contributed by atoms with Crippen molar-refractivity contribution in [3.63, 3.8) is 0 Å². The fraction of sp³-hybridized carbons (Fsp3) is 0.385. The number of amides is 1. The molecule has 1 atom stereocenters. The molecule has 0 saturated carbocycles. The predicted molar refractivity (Wildman–Crippen MR) is 66.4 cm³/mol. The van der Waals surface area contributed by atoms with Gasteiger partial charge >= 0.3 is 0 Å². The largest absolute Gasteiger partial charge is 0.349 e. The zero-order chi connectivity index (χ0) is 12.1. The first kappa shape index (κ1) is 11.8. The Morgan fingerprint density at radius 2 is 2.41 bits per heavy atom. The molecule has 1 aromatic heterocycles. The summed E-state index contributed by atoms with van der Waals surface area (Å²) in [5.74, 6) is -0.0394. The lowest BCUT2D eigenvalue weighted by Gasteiger charge is -2.19. The number of hydrogen-bond donors (Lipinski definition) is 2. The van der Waals surface area contributed by atoms with E-state index in [1.54, 1.807) is 18.3 Å². The number of aromatic nitrogens is 1. The molecule has 0 aromatic carbocycles. The summed E-state index contributed by atoms with van der Waals surface area (Å²) < 4.78 is 0. The average Bonchev–Trinajstić information content (AvgIpc) is 2.40. The van der Waals surface area contributed by atoms with Crippen molar-refractivity contribution in [2.45, 2.75) is 31.8 Å². The van der Waals surface area contributed by atoms with E-state index in [-0.39, 0.29) is 11.9 Å². The zero-order valence-electron chi connectivity index (χ0n) is 9.73. The molecule has 17 heavy (non-hydrogen) atoms. The van der Waals surface area contributed by atoms with Gasteiger partial charge in [0.1, 0.15) is 0 Å². The molecule has 1 heterocycles. The Morgan fingerprint density at radius 3 is 3.12 bits per heavy atom. The molecule has 3 N–H and O–H groups in total. The van der Waals surface area contributed by atoms with Crippen LogP contribution in [0.2, 0.25) is 0 Å². The molecule has 1 unspecified atom stereocenters. The van der Waals surface area contributed by atoms with Crippen LogP contribution in [0.5, 0.6) is 0 Å². The Labute approximate surface area is 101 Å². The number of rotatable bonds is 3. The number of allylic oxidation sites excluding steroid dienone is 1. The van der Waals surface area contributed by atoms with E-state index in [9.17, 15) is 4.79 Å². The minimum atomic E-state index is -0.0394. The summed E-state index contributed by atoms with van der Waals surface area (Å²) in [5.41, 5.74) is 6.87. The molecule has 1 aromatic rings. The Bertz CT molecular complexity index is 428. The van der Waals surface area contributed by atoms with E-state index in [2.05, 4.69) is 22.5 Å². The van der Waals surface area contributed by atoms with Gasteiger partial charge in [-0.25, -0.2) is 0 Å². The highest BCUT2D eigenvalue weighted by Gasteiger charge is 2.14. The van der Waals surface area contributed by atoms with E-state index in [1.165, 1.54) is 0 Å². The molecule has 1 aliphatic carbocycles. The van der Waals surface area contributed by atoms with Crippen molar-refractivity contribution in [3.8, 4) is 0 Å². The lowest BCUT2D eigenvalue weighted by Crippen LogP contribution is -2.35. The zero-order valence-corrected chi connectivity index (χ0v) is 9.73. The number of pyridine rings is 1. The number of hydrogen-bond acceptors (Lipinski definition) is 3. The van der Waals surface area contributed by atoms with Crippen LogP contribution < -0.4 is 11.1 Å². The third-order valence-corrected chi connectivity index (χ3v) is 2.89. The van der Waals surface area contributed by atoms with E-state index in [1.807, 2.05) is 0 Å². The van der Waals surface area contributed by atoms with E-state index in [0.29, 0.717) is 12.1 Å². The Hall–Kier alpha value is -1.68. The summed E-state index contributed by atoms with van der Waals surface area (Å²) >= 11 is 0. The van der Waals surface area contributed by atoms with E-state index in [0.717, 1.165) is 25.0 Å². The SMILES string of the molecule is NCc1cc(C(=O)NC2CC=CCC2)ccn1. The molecule has 0 aliphatic heterocycles. The highest BCUT2D eigenvalue weighted by atomic mass is 16.1. The van der Waals surface area contributed by atoms with Crippen LogP contribution in [0.15, 0.2) is 30.5 Å². The summed E-state index contributed by atoms with van der Waals surface area (Å²) in [6, 6.07) is 3.71. The van der Waals surface area contributed by atoms with Crippen molar-refractivity contribution in [3.05, 3.63) is 41.7 Å². The van der Waals surface area contributed by atoms with Crippen molar-refractivity contribution in [2.24, 2.45) is 5.73 Å². The number of nitrogens with one attached hydrogen (secondary N) is 1. The van der Waals surface area contributed by atoms with Crippen LogP contribution in [0.3, 0.4) is 0 Å². The molecule has 0 bridgehead atoms. The lowest BCUT2D eigenvalue weighted by atomic mass is 10.0. The number of nitrogens with zero attached hydrogens (tertiary/aromatic N) is 1. The van der Waals surface area contributed by atoms with Crippen LogP contribution in [-0.4, -0.2) is 16.9 Å². The quantitative estimate of drug-likeness (QED) is 0.772. The Kier molecular flexibility index (Phi) is 3.88. The molecular formula is C13H17N3O. The third-order valence-electron chi connectivity index (χ3n) is 2.89. The first-order valence-corrected chi connectivity index (χ1v) is 5.90. The highest BCUT2D eigenvalue weighted by molar-refractivity contribution is 5.94. The summed E-state index contributed by atoms with van der Waals surface area (Å²) in [5, 5.41) is 3.03. The van der Waals surface area contributed by atoms with Gasteiger partial charge in [-0.05, 0) is 31.4 Å². The molecule has 4 nitrogen and oxygen atoms in total. The number of nitrogens with two attached hydrogens (primary N) is 1. The van der Waals surface area contributed by atoms with Gasteiger partial charge in [-0.15, -0.1) is 0 Å². The van der Waals surface area contributed by atoms with Gasteiger partial charge < -0.3 is 11.1 Å². The molecule has 1 aliphatic rings. The fourth-order valence-corrected chi connectivity index (χ4v) is 1.92. The molecule has 0 fully saturated rings. The van der Waals surface area contributed by atoms with Crippen LogP contribution >= 0.6 is 0 Å². The van der Waals surface area contributed by atoms with Gasteiger partial charge in [0, 0.05) is 24.3 Å². The summed E-state index contributed by atoms with van der Waals surface area (Å²) in [4.78, 5) is 16.0.